The third-order valence-corrected chi connectivity index (χ3v) is 4.66. The number of oxazole rings is 1. The summed E-state index contributed by atoms with van der Waals surface area (Å²) in [6, 6.07) is 9.43. The van der Waals surface area contributed by atoms with E-state index in [9.17, 15) is 13.6 Å². The molecule has 0 spiro atoms. The first-order chi connectivity index (χ1) is 14.0. The van der Waals surface area contributed by atoms with Crippen molar-refractivity contribution in [2.75, 3.05) is 7.11 Å². The Labute approximate surface area is 165 Å². The van der Waals surface area contributed by atoms with Gasteiger partial charge < -0.3 is 19.6 Å². The SMILES string of the molecule is COc1ccc(-c2nc(COc3ccc(F)c(C(N)=O)c3F)oc2C2CC2)cc1. The van der Waals surface area contributed by atoms with Crippen LogP contribution in [0, 0.1) is 11.6 Å². The summed E-state index contributed by atoms with van der Waals surface area (Å²) in [4.78, 5) is 15.7. The smallest absolute Gasteiger partial charge is 0.254 e. The first kappa shape index (κ1) is 18.9. The zero-order valence-corrected chi connectivity index (χ0v) is 15.6. The Hall–Kier alpha value is -3.42. The monoisotopic (exact) mass is 400 g/mol. The molecule has 1 heterocycles. The number of rotatable bonds is 7. The molecule has 4 rings (SSSR count). The Bertz CT molecular complexity index is 1060. The van der Waals surface area contributed by atoms with Crippen LogP contribution in [0.25, 0.3) is 11.3 Å². The lowest BCUT2D eigenvalue weighted by Gasteiger charge is -2.08. The predicted octanol–water partition coefficient (Wildman–Crippen LogP) is 4.18. The van der Waals surface area contributed by atoms with Crippen LogP contribution in [-0.4, -0.2) is 18.0 Å². The average Bonchev–Trinajstić information content (AvgIpc) is 3.47. The van der Waals surface area contributed by atoms with Gasteiger partial charge in [-0.05, 0) is 49.2 Å². The standard InChI is InChI=1S/C21H18F2N2O4/c1-27-13-6-4-11(5-7-13)19-20(12-2-3-12)29-16(25-19)10-28-15-9-8-14(22)17(18(15)23)21(24)26/h4-9,12H,2-3,10H2,1H3,(H2,24,26). The van der Waals surface area contributed by atoms with Crippen molar-refractivity contribution in [2.45, 2.75) is 25.4 Å². The minimum Gasteiger partial charge on any atom is -0.497 e. The topological polar surface area (TPSA) is 87.6 Å². The summed E-state index contributed by atoms with van der Waals surface area (Å²) in [5.74, 6) is -1.69. The summed E-state index contributed by atoms with van der Waals surface area (Å²) >= 11 is 0. The van der Waals surface area contributed by atoms with Gasteiger partial charge in [-0.25, -0.2) is 13.8 Å². The molecule has 1 aliphatic rings. The van der Waals surface area contributed by atoms with Crippen LogP contribution in [-0.2, 0) is 6.61 Å². The van der Waals surface area contributed by atoms with Gasteiger partial charge in [-0.15, -0.1) is 0 Å². The van der Waals surface area contributed by atoms with Crippen molar-refractivity contribution >= 4 is 5.91 Å². The summed E-state index contributed by atoms with van der Waals surface area (Å²) in [6.45, 7) is -0.184. The normalized spacial score (nSPS) is 13.3. The number of carbonyl (C=O) groups excluding carboxylic acids is 1. The largest absolute Gasteiger partial charge is 0.497 e. The maximum atomic E-state index is 14.3. The van der Waals surface area contributed by atoms with Crippen LogP contribution in [0.2, 0.25) is 0 Å². The quantitative estimate of drug-likeness (QED) is 0.643. The number of hydrogen-bond donors (Lipinski definition) is 1. The van der Waals surface area contributed by atoms with E-state index in [1.54, 1.807) is 7.11 Å². The third kappa shape index (κ3) is 3.78. The average molecular weight is 400 g/mol. The fourth-order valence-electron chi connectivity index (χ4n) is 3.03. The molecule has 1 amide bonds. The van der Waals surface area contributed by atoms with E-state index in [1.165, 1.54) is 0 Å². The molecular formula is C21H18F2N2O4. The van der Waals surface area contributed by atoms with Gasteiger partial charge in [-0.3, -0.25) is 4.79 Å². The van der Waals surface area contributed by atoms with Crippen LogP contribution in [0.15, 0.2) is 40.8 Å². The van der Waals surface area contributed by atoms with Gasteiger partial charge in [0, 0.05) is 11.5 Å². The molecule has 8 heteroatoms. The molecule has 3 aromatic rings. The number of nitrogens with zero attached hydrogens (tertiary/aromatic N) is 1. The van der Waals surface area contributed by atoms with Crippen LogP contribution in [0.3, 0.4) is 0 Å². The highest BCUT2D eigenvalue weighted by molar-refractivity contribution is 5.93. The van der Waals surface area contributed by atoms with Crippen molar-refractivity contribution in [3.8, 4) is 22.8 Å². The minimum absolute atomic E-state index is 0.184. The fraction of sp³-hybridized carbons (Fsp3) is 0.238. The molecule has 1 fully saturated rings. The number of methoxy groups -OCH3 is 1. The number of aromatic nitrogens is 1. The van der Waals surface area contributed by atoms with Crippen molar-refractivity contribution < 1.29 is 27.5 Å². The maximum Gasteiger partial charge on any atom is 0.254 e. The van der Waals surface area contributed by atoms with E-state index in [2.05, 4.69) is 4.98 Å². The first-order valence-corrected chi connectivity index (χ1v) is 9.02. The molecule has 1 aliphatic carbocycles. The molecule has 0 aliphatic heterocycles. The van der Waals surface area contributed by atoms with E-state index in [4.69, 9.17) is 19.6 Å². The number of benzene rings is 2. The predicted molar refractivity (Wildman–Crippen MR) is 99.7 cm³/mol. The van der Waals surface area contributed by atoms with Crippen molar-refractivity contribution in [1.82, 2.24) is 4.98 Å². The van der Waals surface area contributed by atoms with Crippen molar-refractivity contribution in [2.24, 2.45) is 5.73 Å². The van der Waals surface area contributed by atoms with Crippen molar-refractivity contribution in [3.63, 3.8) is 0 Å². The lowest BCUT2D eigenvalue weighted by molar-refractivity contribution is 0.0991. The van der Waals surface area contributed by atoms with Gasteiger partial charge in [-0.1, -0.05) is 0 Å². The highest BCUT2D eigenvalue weighted by atomic mass is 19.1. The van der Waals surface area contributed by atoms with Crippen LogP contribution < -0.4 is 15.2 Å². The lowest BCUT2D eigenvalue weighted by Crippen LogP contribution is -2.16. The molecule has 1 aromatic heterocycles. The highest BCUT2D eigenvalue weighted by Gasteiger charge is 2.32. The number of primary amides is 1. The highest BCUT2D eigenvalue weighted by Crippen LogP contribution is 2.45. The fourth-order valence-corrected chi connectivity index (χ4v) is 3.03. The molecule has 0 unspecified atom stereocenters. The van der Waals surface area contributed by atoms with Crippen LogP contribution in [0.5, 0.6) is 11.5 Å². The Morgan fingerprint density at radius 2 is 1.93 bits per heavy atom. The van der Waals surface area contributed by atoms with Crippen LogP contribution in [0.1, 0.15) is 40.8 Å². The van der Waals surface area contributed by atoms with Crippen molar-refractivity contribution in [3.05, 3.63) is 65.2 Å². The number of nitrogens with two attached hydrogens (primary N) is 1. The minimum atomic E-state index is -1.21. The summed E-state index contributed by atoms with van der Waals surface area (Å²) in [5, 5.41) is 0. The number of ether oxygens (including phenoxy) is 2. The number of amides is 1. The van der Waals surface area contributed by atoms with Gasteiger partial charge in [0.25, 0.3) is 5.91 Å². The molecule has 0 saturated heterocycles. The van der Waals surface area contributed by atoms with Crippen LogP contribution >= 0.6 is 0 Å². The van der Waals surface area contributed by atoms with Gasteiger partial charge in [0.05, 0.1) is 7.11 Å². The summed E-state index contributed by atoms with van der Waals surface area (Å²) in [6.07, 6.45) is 2.01. The van der Waals surface area contributed by atoms with E-state index < -0.39 is 23.1 Å². The molecule has 0 bridgehead atoms. The van der Waals surface area contributed by atoms with Crippen LogP contribution in [0.4, 0.5) is 8.78 Å². The third-order valence-electron chi connectivity index (χ3n) is 4.66. The number of halogens is 2. The Morgan fingerprint density at radius 1 is 1.21 bits per heavy atom. The van der Waals surface area contributed by atoms with Gasteiger partial charge in [0.1, 0.15) is 28.6 Å². The molecule has 2 N–H and O–H groups in total. The van der Waals surface area contributed by atoms with Crippen molar-refractivity contribution in [1.29, 1.82) is 0 Å². The van der Waals surface area contributed by atoms with E-state index >= 15 is 0 Å². The van der Waals surface area contributed by atoms with E-state index in [0.29, 0.717) is 5.69 Å². The molecule has 6 nitrogen and oxygen atoms in total. The molecule has 1 saturated carbocycles. The second-order valence-corrected chi connectivity index (χ2v) is 6.71. The lowest BCUT2D eigenvalue weighted by atomic mass is 10.1. The zero-order chi connectivity index (χ0) is 20.5. The van der Waals surface area contributed by atoms with Gasteiger partial charge in [0.15, 0.2) is 18.2 Å². The second-order valence-electron chi connectivity index (χ2n) is 6.71. The number of hydrogen-bond acceptors (Lipinski definition) is 5. The Kier molecular flexibility index (Phi) is 4.92. The molecule has 0 atom stereocenters. The van der Waals surface area contributed by atoms with Gasteiger partial charge in [0.2, 0.25) is 5.89 Å². The zero-order valence-electron chi connectivity index (χ0n) is 15.6. The molecule has 29 heavy (non-hydrogen) atoms. The first-order valence-electron chi connectivity index (χ1n) is 9.02. The Morgan fingerprint density at radius 3 is 2.55 bits per heavy atom. The second kappa shape index (κ2) is 7.54. The number of carbonyl (C=O) groups is 1. The Balaban J connectivity index is 1.59. The summed E-state index contributed by atoms with van der Waals surface area (Å²) < 4.78 is 44.3. The van der Waals surface area contributed by atoms with E-state index in [1.807, 2.05) is 24.3 Å². The molecule has 2 aromatic carbocycles. The maximum absolute atomic E-state index is 14.3. The molecule has 150 valence electrons. The van der Waals surface area contributed by atoms with Gasteiger partial charge >= 0.3 is 0 Å². The van der Waals surface area contributed by atoms with Gasteiger partial charge in [-0.2, -0.15) is 0 Å². The summed E-state index contributed by atoms with van der Waals surface area (Å²) in [7, 11) is 1.59. The van der Waals surface area contributed by atoms with E-state index in [-0.39, 0.29) is 24.2 Å². The van der Waals surface area contributed by atoms with E-state index in [0.717, 1.165) is 42.0 Å². The molecule has 0 radical (unpaired) electrons. The summed E-state index contributed by atoms with van der Waals surface area (Å²) in [5.41, 5.74) is 5.75. The molecular weight excluding hydrogens is 382 g/mol.